The van der Waals surface area contributed by atoms with Gasteiger partial charge in [0, 0.05) is 44.6 Å². The number of fused-ring (bicyclic) bond motifs is 2. The number of piperidine rings is 1. The minimum absolute atomic E-state index is 0.119. The van der Waals surface area contributed by atoms with Crippen LogP contribution in [0.15, 0.2) is 36.7 Å². The van der Waals surface area contributed by atoms with Gasteiger partial charge in [0.2, 0.25) is 5.91 Å². The second kappa shape index (κ2) is 7.57. The molecule has 3 aromatic heterocycles. The molecule has 0 spiro atoms. The van der Waals surface area contributed by atoms with Gasteiger partial charge in [0.05, 0.1) is 17.1 Å². The molecular weight excluding hydrogens is 394 g/mol. The number of nitrogens with zero attached hydrogens (tertiary/aromatic N) is 6. The Morgan fingerprint density at radius 1 is 1.19 bits per heavy atom. The van der Waals surface area contributed by atoms with Crippen LogP contribution in [0.1, 0.15) is 18.7 Å². The lowest BCUT2D eigenvalue weighted by atomic mass is 10.1. The zero-order valence-electron chi connectivity index (χ0n) is 17.7. The van der Waals surface area contributed by atoms with Crippen molar-refractivity contribution in [3.63, 3.8) is 0 Å². The highest BCUT2D eigenvalue weighted by atomic mass is 16.5. The summed E-state index contributed by atoms with van der Waals surface area (Å²) in [7, 11) is 1.90. The third-order valence-electron chi connectivity index (χ3n) is 5.82. The van der Waals surface area contributed by atoms with E-state index in [4.69, 9.17) is 15.5 Å². The summed E-state index contributed by atoms with van der Waals surface area (Å²) in [6, 6.07) is 7.89. The van der Waals surface area contributed by atoms with Crippen molar-refractivity contribution in [1.29, 1.82) is 0 Å². The highest BCUT2D eigenvalue weighted by Crippen LogP contribution is 2.31. The smallest absolute Gasteiger partial charge is 0.237 e. The number of carbonyl (C=O) groups excluding carboxylic acids is 1. The summed E-state index contributed by atoms with van der Waals surface area (Å²) in [6.45, 7) is 3.77. The van der Waals surface area contributed by atoms with Crippen LogP contribution in [-0.2, 0) is 18.4 Å². The van der Waals surface area contributed by atoms with E-state index in [2.05, 4.69) is 15.0 Å². The average Bonchev–Trinajstić information content (AvgIpc) is 3.32. The van der Waals surface area contributed by atoms with Gasteiger partial charge >= 0.3 is 0 Å². The van der Waals surface area contributed by atoms with Crippen LogP contribution in [0, 0.1) is 6.92 Å². The number of nitrogens with two attached hydrogens (primary N) is 1. The molecule has 1 aromatic carbocycles. The van der Waals surface area contributed by atoms with Crippen LogP contribution in [0.2, 0.25) is 0 Å². The molecule has 31 heavy (non-hydrogen) atoms. The largest absolute Gasteiger partial charge is 0.490 e. The monoisotopic (exact) mass is 419 g/mol. The van der Waals surface area contributed by atoms with Crippen LogP contribution in [0.3, 0.4) is 0 Å². The molecule has 0 bridgehead atoms. The first-order chi connectivity index (χ1) is 15.0. The van der Waals surface area contributed by atoms with Gasteiger partial charge in [-0.05, 0) is 25.1 Å². The van der Waals surface area contributed by atoms with Crippen LogP contribution in [-0.4, -0.2) is 49.4 Å². The molecule has 4 heterocycles. The number of hydrogen-bond donors (Lipinski definition) is 1. The number of rotatable bonds is 5. The highest BCUT2D eigenvalue weighted by Gasteiger charge is 2.24. The normalized spacial score (nSPS) is 15.1. The third kappa shape index (κ3) is 3.56. The van der Waals surface area contributed by atoms with Crippen molar-refractivity contribution in [2.75, 3.05) is 18.0 Å². The molecule has 0 atom stereocenters. The molecular formula is C22H25N7O2. The fraction of sp³-hybridized carbons (Fsp3) is 0.364. The maximum absolute atomic E-state index is 11.3. The Morgan fingerprint density at radius 2 is 2.00 bits per heavy atom. The van der Waals surface area contributed by atoms with E-state index in [9.17, 15) is 4.79 Å². The fourth-order valence-corrected chi connectivity index (χ4v) is 4.32. The third-order valence-corrected chi connectivity index (χ3v) is 5.82. The van der Waals surface area contributed by atoms with Gasteiger partial charge in [0.15, 0.2) is 5.65 Å². The predicted octanol–water partition coefficient (Wildman–Crippen LogP) is 2.16. The van der Waals surface area contributed by atoms with Gasteiger partial charge in [-0.1, -0.05) is 6.07 Å². The molecule has 1 aliphatic rings. The molecule has 5 rings (SSSR count). The molecule has 1 saturated heterocycles. The van der Waals surface area contributed by atoms with E-state index in [1.165, 1.54) is 0 Å². The molecule has 0 saturated carbocycles. The molecule has 9 heteroatoms. The molecule has 1 fully saturated rings. The summed E-state index contributed by atoms with van der Waals surface area (Å²) in [4.78, 5) is 22.8. The van der Waals surface area contributed by atoms with Crippen LogP contribution in [0.4, 0.5) is 5.82 Å². The summed E-state index contributed by atoms with van der Waals surface area (Å²) >= 11 is 0. The Kier molecular flexibility index (Phi) is 4.72. The number of aromatic nitrogens is 5. The van der Waals surface area contributed by atoms with Crippen molar-refractivity contribution in [2.45, 2.75) is 32.4 Å². The van der Waals surface area contributed by atoms with E-state index in [0.717, 1.165) is 65.3 Å². The second-order valence-electron chi connectivity index (χ2n) is 8.00. The van der Waals surface area contributed by atoms with Gasteiger partial charge in [-0.15, -0.1) is 0 Å². The predicted molar refractivity (Wildman–Crippen MR) is 118 cm³/mol. The number of anilines is 1. The van der Waals surface area contributed by atoms with Crippen molar-refractivity contribution >= 4 is 33.7 Å². The first kappa shape index (κ1) is 19.3. The number of benzene rings is 1. The maximum Gasteiger partial charge on any atom is 0.237 e. The molecule has 4 aromatic rings. The minimum atomic E-state index is -0.362. The molecule has 9 nitrogen and oxygen atoms in total. The Morgan fingerprint density at radius 3 is 2.77 bits per heavy atom. The molecule has 1 aliphatic heterocycles. The molecule has 0 aliphatic carbocycles. The van der Waals surface area contributed by atoms with Crippen LogP contribution >= 0.6 is 0 Å². The zero-order chi connectivity index (χ0) is 21.5. The molecule has 0 radical (unpaired) electrons. The lowest BCUT2D eigenvalue weighted by molar-refractivity contribution is -0.118. The van der Waals surface area contributed by atoms with Crippen molar-refractivity contribution in [2.24, 2.45) is 12.8 Å². The first-order valence-corrected chi connectivity index (χ1v) is 10.4. The van der Waals surface area contributed by atoms with E-state index in [0.29, 0.717) is 0 Å². The Balaban J connectivity index is 1.32. The summed E-state index contributed by atoms with van der Waals surface area (Å²) < 4.78 is 10.0. The van der Waals surface area contributed by atoms with Gasteiger partial charge in [0.1, 0.15) is 30.0 Å². The van der Waals surface area contributed by atoms with Crippen molar-refractivity contribution in [3.8, 4) is 5.75 Å². The van der Waals surface area contributed by atoms with Gasteiger partial charge < -0.3 is 19.9 Å². The van der Waals surface area contributed by atoms with E-state index in [1.807, 2.05) is 55.2 Å². The highest BCUT2D eigenvalue weighted by molar-refractivity contribution is 5.88. The van der Waals surface area contributed by atoms with Crippen LogP contribution in [0.5, 0.6) is 5.75 Å². The summed E-state index contributed by atoms with van der Waals surface area (Å²) in [5.41, 5.74) is 7.16. The maximum atomic E-state index is 11.3. The van der Waals surface area contributed by atoms with E-state index >= 15 is 0 Å². The summed E-state index contributed by atoms with van der Waals surface area (Å²) in [5, 5.41) is 6.32. The molecule has 2 N–H and O–H groups in total. The lowest BCUT2D eigenvalue weighted by Gasteiger charge is -2.33. The summed E-state index contributed by atoms with van der Waals surface area (Å²) in [6.07, 6.45) is 5.62. The Hall–Kier alpha value is -3.62. The number of ether oxygens (including phenoxy) is 1. The SMILES string of the molecule is Cc1nc(N2CCC(Oc3cccc4c3ccn4CC(N)=O)CC2)c2cnn(C)c2n1. The second-order valence-corrected chi connectivity index (χ2v) is 8.00. The van der Waals surface area contributed by atoms with Crippen molar-refractivity contribution in [3.05, 3.63) is 42.5 Å². The van der Waals surface area contributed by atoms with Crippen LogP contribution in [0.25, 0.3) is 21.9 Å². The topological polar surface area (TPSA) is 104 Å². The first-order valence-electron chi connectivity index (χ1n) is 10.4. The molecule has 0 unspecified atom stereocenters. The van der Waals surface area contributed by atoms with Gasteiger partial charge in [-0.25, -0.2) is 9.97 Å². The van der Waals surface area contributed by atoms with Crippen molar-refractivity contribution < 1.29 is 9.53 Å². The van der Waals surface area contributed by atoms with E-state index in [-0.39, 0.29) is 18.6 Å². The van der Waals surface area contributed by atoms with E-state index in [1.54, 1.807) is 4.68 Å². The van der Waals surface area contributed by atoms with Gasteiger partial charge in [-0.2, -0.15) is 5.10 Å². The van der Waals surface area contributed by atoms with Crippen LogP contribution < -0.4 is 15.4 Å². The lowest BCUT2D eigenvalue weighted by Crippen LogP contribution is -2.39. The summed E-state index contributed by atoms with van der Waals surface area (Å²) in [5.74, 6) is 2.17. The minimum Gasteiger partial charge on any atom is -0.490 e. The van der Waals surface area contributed by atoms with E-state index < -0.39 is 0 Å². The van der Waals surface area contributed by atoms with Crippen molar-refractivity contribution in [1.82, 2.24) is 24.3 Å². The van der Waals surface area contributed by atoms with Gasteiger partial charge in [-0.3, -0.25) is 9.48 Å². The quantitative estimate of drug-likeness (QED) is 0.532. The Bertz CT molecular complexity index is 1270. The number of hydrogen-bond acceptors (Lipinski definition) is 6. The number of carbonyl (C=O) groups is 1. The molecule has 1 amide bonds. The zero-order valence-corrected chi connectivity index (χ0v) is 17.7. The Labute approximate surface area is 179 Å². The van der Waals surface area contributed by atoms with Gasteiger partial charge in [0.25, 0.3) is 0 Å². The number of aryl methyl sites for hydroxylation is 2. The average molecular weight is 419 g/mol. The molecule has 160 valence electrons. The fourth-order valence-electron chi connectivity index (χ4n) is 4.32. The number of primary amides is 1. The standard InChI is InChI=1S/C22H25N7O2/c1-14-25-21-17(12-24-27(21)2)22(26-14)28-9-6-15(7-10-28)31-19-5-3-4-18-16(19)8-11-29(18)13-20(23)30/h3-5,8,11-12,15H,6-7,9-10,13H2,1-2H3,(H2,23,30). The number of amides is 1.